The third-order valence-electron chi connectivity index (χ3n) is 3.47. The van der Waals surface area contributed by atoms with Crippen LogP contribution in [-0.4, -0.2) is 28.5 Å². The van der Waals surface area contributed by atoms with Gasteiger partial charge in [-0.25, -0.2) is 4.98 Å². The van der Waals surface area contributed by atoms with E-state index >= 15 is 0 Å². The van der Waals surface area contributed by atoms with Gasteiger partial charge in [-0.3, -0.25) is 4.99 Å². The molecule has 17 heavy (non-hydrogen) atoms. The smallest absolute Gasteiger partial charge is 0.156 e. The molecule has 1 aliphatic carbocycles. The molecule has 1 aromatic rings. The molecule has 2 atom stereocenters. The summed E-state index contributed by atoms with van der Waals surface area (Å²) in [4.78, 5) is 8.93. The number of nitrogens with one attached hydrogen (secondary N) is 1. The fraction of sp³-hybridized carbons (Fsp3) is 0.667. The predicted octanol–water partition coefficient (Wildman–Crippen LogP) is 2.55. The molecule has 3 rings (SSSR count). The van der Waals surface area contributed by atoms with Crippen molar-refractivity contribution in [2.24, 2.45) is 10.9 Å². The summed E-state index contributed by atoms with van der Waals surface area (Å²) >= 11 is 3.62. The Labute approximate surface area is 110 Å². The summed E-state index contributed by atoms with van der Waals surface area (Å²) in [6, 6.07) is 0.704. The molecule has 0 amide bonds. The van der Waals surface area contributed by atoms with Gasteiger partial charge in [0.2, 0.25) is 0 Å². The molecule has 5 heteroatoms. The summed E-state index contributed by atoms with van der Waals surface area (Å²) in [5.41, 5.74) is 0. The third-order valence-corrected chi connectivity index (χ3v) is 5.42. The third kappa shape index (κ3) is 2.83. The maximum absolute atomic E-state index is 4.65. The molecule has 1 saturated heterocycles. The van der Waals surface area contributed by atoms with Gasteiger partial charge in [-0.05, 0) is 18.8 Å². The number of thioether (sulfide) groups is 1. The van der Waals surface area contributed by atoms with Gasteiger partial charge in [-0.2, -0.15) is 0 Å². The minimum Gasteiger partial charge on any atom is -0.362 e. The van der Waals surface area contributed by atoms with Gasteiger partial charge < -0.3 is 5.32 Å². The Kier molecular flexibility index (Phi) is 3.66. The number of amidine groups is 1. The van der Waals surface area contributed by atoms with Gasteiger partial charge in [0.15, 0.2) is 5.17 Å². The van der Waals surface area contributed by atoms with Crippen molar-refractivity contribution in [3.05, 3.63) is 16.6 Å². The first-order valence-electron chi connectivity index (χ1n) is 6.24. The number of fused-ring (bicyclic) bond motifs is 1. The Hall–Kier alpha value is -0.550. The molecule has 2 heterocycles. The van der Waals surface area contributed by atoms with Gasteiger partial charge >= 0.3 is 0 Å². The van der Waals surface area contributed by atoms with E-state index in [1.54, 1.807) is 11.3 Å². The fourth-order valence-electron chi connectivity index (χ4n) is 2.53. The van der Waals surface area contributed by atoms with Crippen LogP contribution in [0.4, 0.5) is 0 Å². The number of nitrogens with zero attached hydrogens (tertiary/aromatic N) is 2. The van der Waals surface area contributed by atoms with Crippen LogP contribution in [0.25, 0.3) is 0 Å². The Bertz CT molecular complexity index is 388. The van der Waals surface area contributed by atoms with Crippen molar-refractivity contribution in [3.8, 4) is 0 Å². The summed E-state index contributed by atoms with van der Waals surface area (Å²) in [6.07, 6.45) is 6.95. The molecule has 0 aromatic carbocycles. The molecule has 2 fully saturated rings. The summed E-state index contributed by atoms with van der Waals surface area (Å²) < 4.78 is 0. The Morgan fingerprint density at radius 2 is 2.47 bits per heavy atom. The molecule has 1 N–H and O–H groups in total. The Morgan fingerprint density at radius 3 is 3.35 bits per heavy atom. The Balaban J connectivity index is 1.51. The van der Waals surface area contributed by atoms with E-state index in [1.807, 2.05) is 23.3 Å². The van der Waals surface area contributed by atoms with Crippen molar-refractivity contribution in [2.75, 3.05) is 12.3 Å². The minimum absolute atomic E-state index is 0.704. The largest absolute Gasteiger partial charge is 0.362 e. The monoisotopic (exact) mass is 267 g/mol. The number of rotatable bonds is 3. The van der Waals surface area contributed by atoms with Crippen LogP contribution >= 0.6 is 23.1 Å². The highest BCUT2D eigenvalue weighted by Gasteiger charge is 2.31. The van der Waals surface area contributed by atoms with Crippen molar-refractivity contribution >= 4 is 28.3 Å². The van der Waals surface area contributed by atoms with Crippen molar-refractivity contribution in [3.63, 3.8) is 0 Å². The highest BCUT2D eigenvalue weighted by atomic mass is 32.2. The van der Waals surface area contributed by atoms with E-state index in [0.717, 1.165) is 24.1 Å². The van der Waals surface area contributed by atoms with Gasteiger partial charge in [0.05, 0.1) is 5.01 Å². The fourth-order valence-corrected chi connectivity index (χ4v) is 4.33. The number of thiazole rings is 1. The molecule has 0 radical (unpaired) electrons. The van der Waals surface area contributed by atoms with Crippen LogP contribution in [0.5, 0.6) is 0 Å². The second kappa shape index (κ2) is 5.40. The SMILES string of the molecule is c1csc(CCN=C2NC3CCCC3CS2)n1. The minimum atomic E-state index is 0.704. The highest BCUT2D eigenvalue weighted by molar-refractivity contribution is 8.13. The van der Waals surface area contributed by atoms with Gasteiger partial charge in [0.1, 0.15) is 0 Å². The lowest BCUT2D eigenvalue weighted by Crippen LogP contribution is -2.41. The summed E-state index contributed by atoms with van der Waals surface area (Å²) in [5.74, 6) is 2.14. The van der Waals surface area contributed by atoms with Gasteiger partial charge in [-0.1, -0.05) is 18.2 Å². The molecule has 2 aliphatic rings. The predicted molar refractivity (Wildman–Crippen MR) is 74.8 cm³/mol. The van der Waals surface area contributed by atoms with E-state index in [4.69, 9.17) is 0 Å². The van der Waals surface area contributed by atoms with Crippen molar-refractivity contribution < 1.29 is 0 Å². The van der Waals surface area contributed by atoms with Crippen molar-refractivity contribution in [1.82, 2.24) is 10.3 Å². The van der Waals surface area contributed by atoms with Crippen molar-refractivity contribution in [2.45, 2.75) is 31.7 Å². The van der Waals surface area contributed by atoms with E-state index in [9.17, 15) is 0 Å². The van der Waals surface area contributed by atoms with E-state index in [1.165, 1.54) is 30.0 Å². The van der Waals surface area contributed by atoms with E-state index in [0.29, 0.717) is 6.04 Å². The normalized spacial score (nSPS) is 30.2. The van der Waals surface area contributed by atoms with E-state index < -0.39 is 0 Å². The van der Waals surface area contributed by atoms with Crippen LogP contribution in [0, 0.1) is 5.92 Å². The molecular weight excluding hydrogens is 250 g/mol. The lowest BCUT2D eigenvalue weighted by Gasteiger charge is -2.27. The van der Waals surface area contributed by atoms with Crippen LogP contribution in [0.3, 0.4) is 0 Å². The topological polar surface area (TPSA) is 37.3 Å². The van der Waals surface area contributed by atoms with Crippen LogP contribution in [0.2, 0.25) is 0 Å². The van der Waals surface area contributed by atoms with Crippen LogP contribution in [0.1, 0.15) is 24.3 Å². The molecular formula is C12H17N3S2. The molecule has 1 aliphatic heterocycles. The second-order valence-electron chi connectivity index (χ2n) is 4.62. The van der Waals surface area contributed by atoms with E-state index in [-0.39, 0.29) is 0 Å². The Morgan fingerprint density at radius 1 is 1.47 bits per heavy atom. The van der Waals surface area contributed by atoms with Gasteiger partial charge in [0, 0.05) is 36.3 Å². The molecule has 3 nitrogen and oxygen atoms in total. The zero-order chi connectivity index (χ0) is 11.5. The lowest BCUT2D eigenvalue weighted by molar-refractivity contribution is 0.490. The molecule has 2 unspecified atom stereocenters. The molecule has 0 bridgehead atoms. The number of hydrogen-bond acceptors (Lipinski definition) is 4. The van der Waals surface area contributed by atoms with E-state index in [2.05, 4.69) is 15.3 Å². The summed E-state index contributed by atoms with van der Waals surface area (Å²) in [6.45, 7) is 0.861. The highest BCUT2D eigenvalue weighted by Crippen LogP contribution is 2.32. The van der Waals surface area contributed by atoms with Crippen LogP contribution in [0.15, 0.2) is 16.6 Å². The summed E-state index contributed by atoms with van der Waals surface area (Å²) in [7, 11) is 0. The maximum atomic E-state index is 4.65. The lowest BCUT2D eigenvalue weighted by atomic mass is 10.1. The van der Waals surface area contributed by atoms with Gasteiger partial charge in [0.25, 0.3) is 0 Å². The van der Waals surface area contributed by atoms with Crippen LogP contribution < -0.4 is 5.32 Å². The number of aromatic nitrogens is 1. The number of hydrogen-bond donors (Lipinski definition) is 1. The zero-order valence-corrected chi connectivity index (χ0v) is 11.4. The molecule has 92 valence electrons. The molecule has 1 saturated carbocycles. The first-order valence-corrected chi connectivity index (χ1v) is 8.10. The van der Waals surface area contributed by atoms with Crippen LogP contribution in [-0.2, 0) is 6.42 Å². The number of aliphatic imine (C=N–C) groups is 1. The maximum Gasteiger partial charge on any atom is 0.156 e. The average molecular weight is 267 g/mol. The molecule has 0 spiro atoms. The standard InChI is InChI=1S/C12H17N3S2/c1-2-9-8-17-12(15-10(9)3-1)14-5-4-11-13-6-7-16-11/h6-7,9-10H,1-5,8H2,(H,14,15). The second-order valence-corrected chi connectivity index (χ2v) is 6.60. The van der Waals surface area contributed by atoms with Crippen molar-refractivity contribution in [1.29, 1.82) is 0 Å². The zero-order valence-electron chi connectivity index (χ0n) is 9.76. The first-order chi connectivity index (χ1) is 8.42. The first kappa shape index (κ1) is 11.5. The molecule has 1 aromatic heterocycles. The average Bonchev–Trinajstić information content (AvgIpc) is 2.98. The quantitative estimate of drug-likeness (QED) is 0.914. The summed E-state index contributed by atoms with van der Waals surface area (Å²) in [5, 5.41) is 7.96. The van der Waals surface area contributed by atoms with Gasteiger partial charge in [-0.15, -0.1) is 11.3 Å².